The van der Waals surface area contributed by atoms with E-state index in [2.05, 4.69) is 21.3 Å². The first-order valence-corrected chi connectivity index (χ1v) is 11.7. The Balaban J connectivity index is 1.48. The Kier molecular flexibility index (Phi) is 7.23. The van der Waals surface area contributed by atoms with E-state index in [1.807, 2.05) is 25.1 Å². The second kappa shape index (κ2) is 10.3. The second-order valence-corrected chi connectivity index (χ2v) is 9.11. The fourth-order valence-corrected chi connectivity index (χ4v) is 5.11. The maximum atomic E-state index is 13.1. The van der Waals surface area contributed by atoms with Crippen molar-refractivity contribution >= 4 is 22.5 Å². The van der Waals surface area contributed by atoms with E-state index in [0.29, 0.717) is 30.1 Å². The molecule has 2 aromatic rings. The molecule has 1 aromatic carbocycles. The molecule has 0 spiro atoms. The van der Waals surface area contributed by atoms with Gasteiger partial charge in [-0.1, -0.05) is 32.1 Å². The number of carbonyl (C=O) groups excluding carboxylic acids is 1. The number of nitriles is 1. The molecule has 1 aliphatic carbocycles. The molecule has 32 heavy (non-hydrogen) atoms. The summed E-state index contributed by atoms with van der Waals surface area (Å²) in [5, 5.41) is 23.2. The number of aliphatic hydroxyl groups is 1. The minimum absolute atomic E-state index is 0.0554. The molecule has 170 valence electrons. The number of ether oxygens (including phenoxy) is 1. The van der Waals surface area contributed by atoms with Crippen LogP contribution in [0.1, 0.15) is 51.0 Å². The molecule has 2 N–H and O–H groups in total. The molecular weight excluding hydrogens is 404 g/mol. The lowest BCUT2D eigenvalue weighted by Crippen LogP contribution is -2.55. The number of morpholine rings is 1. The normalized spacial score (nSPS) is 23.0. The van der Waals surface area contributed by atoms with Crippen LogP contribution < -0.4 is 10.2 Å². The molecule has 1 amide bonds. The van der Waals surface area contributed by atoms with Gasteiger partial charge in [-0.25, -0.2) is 0 Å². The van der Waals surface area contributed by atoms with Gasteiger partial charge in [-0.2, -0.15) is 5.26 Å². The lowest BCUT2D eigenvalue weighted by atomic mass is 9.85. The summed E-state index contributed by atoms with van der Waals surface area (Å²) >= 11 is 0. The van der Waals surface area contributed by atoms with Gasteiger partial charge in [0, 0.05) is 23.8 Å². The van der Waals surface area contributed by atoms with E-state index in [1.165, 1.54) is 32.1 Å². The number of nitrogens with zero attached hydrogens (tertiary/aromatic N) is 3. The predicted octanol–water partition coefficient (Wildman–Crippen LogP) is 3.15. The molecule has 2 aliphatic rings. The molecule has 0 radical (unpaired) electrons. The van der Waals surface area contributed by atoms with Crippen molar-refractivity contribution in [3.8, 4) is 6.07 Å². The summed E-state index contributed by atoms with van der Waals surface area (Å²) in [6.45, 7) is 2.96. The number of aliphatic hydroxyl groups excluding tert-OH is 1. The molecule has 3 atom stereocenters. The zero-order valence-corrected chi connectivity index (χ0v) is 18.7. The van der Waals surface area contributed by atoms with Crippen LogP contribution in [0.2, 0.25) is 0 Å². The van der Waals surface area contributed by atoms with Gasteiger partial charge in [0.1, 0.15) is 6.07 Å². The van der Waals surface area contributed by atoms with Crippen molar-refractivity contribution < 1.29 is 14.6 Å². The predicted molar refractivity (Wildman–Crippen MR) is 123 cm³/mol. The molecule has 0 bridgehead atoms. The summed E-state index contributed by atoms with van der Waals surface area (Å²) in [5.41, 5.74) is 2.15. The van der Waals surface area contributed by atoms with Crippen molar-refractivity contribution in [3.05, 3.63) is 36.0 Å². The number of benzene rings is 1. The number of aromatic nitrogens is 1. The van der Waals surface area contributed by atoms with Crippen LogP contribution in [0.4, 0.5) is 5.69 Å². The lowest BCUT2D eigenvalue weighted by molar-refractivity contribution is -0.138. The van der Waals surface area contributed by atoms with Gasteiger partial charge in [-0.15, -0.1) is 0 Å². The number of amides is 1. The van der Waals surface area contributed by atoms with Gasteiger partial charge >= 0.3 is 0 Å². The maximum Gasteiger partial charge on any atom is 0.251 e. The number of hydrogen-bond acceptors (Lipinski definition) is 6. The van der Waals surface area contributed by atoms with Crippen molar-refractivity contribution in [1.29, 1.82) is 5.26 Å². The standard InChI is InChI=1S/C25H32N4O3/c1-17-14-29(22-10-9-19(13-26)24-21(22)8-5-11-27-24)15-23(32-17)25(31)28-20(16-30)12-18-6-3-2-4-7-18/h5,8-11,17-18,20,23,30H,2-4,6-7,12,14-16H2,1H3,(H,28,31)/t17-,20?,23-/m1/s1. The highest BCUT2D eigenvalue weighted by Gasteiger charge is 2.33. The van der Waals surface area contributed by atoms with Crippen LogP contribution in [0, 0.1) is 17.2 Å². The van der Waals surface area contributed by atoms with Crippen LogP contribution in [0.15, 0.2) is 30.5 Å². The van der Waals surface area contributed by atoms with Crippen LogP contribution in [-0.4, -0.2) is 53.9 Å². The summed E-state index contributed by atoms with van der Waals surface area (Å²) in [4.78, 5) is 19.6. The highest BCUT2D eigenvalue weighted by atomic mass is 16.5. The molecule has 1 unspecified atom stereocenters. The molecule has 1 aromatic heterocycles. The summed E-state index contributed by atoms with van der Waals surface area (Å²) in [5.74, 6) is 0.397. The van der Waals surface area contributed by atoms with Crippen LogP contribution >= 0.6 is 0 Å². The molecule has 2 heterocycles. The van der Waals surface area contributed by atoms with Gasteiger partial charge in [0.15, 0.2) is 6.10 Å². The van der Waals surface area contributed by atoms with E-state index in [-0.39, 0.29) is 24.7 Å². The fourth-order valence-electron chi connectivity index (χ4n) is 5.11. The lowest BCUT2D eigenvalue weighted by Gasteiger charge is -2.38. The highest BCUT2D eigenvalue weighted by Crippen LogP contribution is 2.31. The first-order chi connectivity index (χ1) is 15.6. The van der Waals surface area contributed by atoms with Crippen molar-refractivity contribution in [2.45, 2.75) is 63.7 Å². The fraction of sp³-hybridized carbons (Fsp3) is 0.560. The Morgan fingerprint density at radius 1 is 1.31 bits per heavy atom. The summed E-state index contributed by atoms with van der Waals surface area (Å²) in [6, 6.07) is 9.49. The third-order valence-corrected chi connectivity index (χ3v) is 6.67. The van der Waals surface area contributed by atoms with Crippen LogP contribution in [0.25, 0.3) is 10.9 Å². The van der Waals surface area contributed by atoms with Crippen LogP contribution in [0.3, 0.4) is 0 Å². The SMILES string of the molecule is C[C@@H]1CN(c2ccc(C#N)c3ncccc23)C[C@H](C(=O)NC(CO)CC2CCCCC2)O1. The number of carbonyl (C=O) groups is 1. The number of hydrogen-bond donors (Lipinski definition) is 2. The van der Waals surface area contributed by atoms with E-state index in [9.17, 15) is 15.2 Å². The zero-order chi connectivity index (χ0) is 22.5. The largest absolute Gasteiger partial charge is 0.394 e. The molecular formula is C25H32N4O3. The minimum atomic E-state index is -0.624. The number of nitrogens with one attached hydrogen (secondary N) is 1. The number of rotatable bonds is 6. The average Bonchev–Trinajstić information content (AvgIpc) is 2.83. The van der Waals surface area contributed by atoms with Crippen molar-refractivity contribution in [2.75, 3.05) is 24.6 Å². The first kappa shape index (κ1) is 22.5. The smallest absolute Gasteiger partial charge is 0.251 e. The zero-order valence-electron chi connectivity index (χ0n) is 18.7. The third kappa shape index (κ3) is 5.03. The topological polar surface area (TPSA) is 98.5 Å². The van der Waals surface area contributed by atoms with Gasteiger partial charge in [-0.3, -0.25) is 9.78 Å². The van der Waals surface area contributed by atoms with Gasteiger partial charge in [0.25, 0.3) is 5.91 Å². The van der Waals surface area contributed by atoms with Gasteiger partial charge < -0.3 is 20.1 Å². The molecule has 7 heteroatoms. The minimum Gasteiger partial charge on any atom is -0.394 e. The van der Waals surface area contributed by atoms with E-state index < -0.39 is 6.10 Å². The Bertz CT molecular complexity index is 983. The van der Waals surface area contributed by atoms with Gasteiger partial charge in [0.05, 0.1) is 36.4 Å². The van der Waals surface area contributed by atoms with Crippen LogP contribution in [-0.2, 0) is 9.53 Å². The monoisotopic (exact) mass is 436 g/mol. The van der Waals surface area contributed by atoms with Gasteiger partial charge in [-0.05, 0) is 43.5 Å². The Labute approximate surface area is 189 Å². The number of pyridine rings is 1. The average molecular weight is 437 g/mol. The van der Waals surface area contributed by atoms with Gasteiger partial charge in [0.2, 0.25) is 0 Å². The molecule has 1 aliphatic heterocycles. The Hall–Kier alpha value is -2.69. The third-order valence-electron chi connectivity index (χ3n) is 6.67. The quantitative estimate of drug-likeness (QED) is 0.722. The maximum absolute atomic E-state index is 13.1. The molecule has 4 rings (SSSR count). The summed E-state index contributed by atoms with van der Waals surface area (Å²) in [7, 11) is 0. The van der Waals surface area contributed by atoms with Crippen molar-refractivity contribution in [3.63, 3.8) is 0 Å². The first-order valence-electron chi connectivity index (χ1n) is 11.7. The Morgan fingerprint density at radius 2 is 2.12 bits per heavy atom. The van der Waals surface area contributed by atoms with Crippen LogP contribution in [0.5, 0.6) is 0 Å². The van der Waals surface area contributed by atoms with Crippen molar-refractivity contribution in [2.24, 2.45) is 5.92 Å². The summed E-state index contributed by atoms with van der Waals surface area (Å²) in [6.07, 6.45) is 7.87. The molecule has 1 saturated carbocycles. The van der Waals surface area contributed by atoms with E-state index >= 15 is 0 Å². The van der Waals surface area contributed by atoms with Crippen molar-refractivity contribution in [1.82, 2.24) is 10.3 Å². The Morgan fingerprint density at radius 3 is 2.88 bits per heavy atom. The van der Waals surface area contributed by atoms with E-state index in [4.69, 9.17) is 4.74 Å². The second-order valence-electron chi connectivity index (χ2n) is 9.11. The number of fused-ring (bicyclic) bond motifs is 1. The highest BCUT2D eigenvalue weighted by molar-refractivity contribution is 5.95. The molecule has 2 fully saturated rings. The molecule has 1 saturated heterocycles. The van der Waals surface area contributed by atoms with E-state index in [1.54, 1.807) is 12.3 Å². The summed E-state index contributed by atoms with van der Waals surface area (Å²) < 4.78 is 5.99. The van der Waals surface area contributed by atoms with E-state index in [0.717, 1.165) is 17.5 Å². The molecule has 7 nitrogen and oxygen atoms in total. The number of anilines is 1.